The Morgan fingerprint density at radius 1 is 0.971 bits per heavy atom. The second-order valence-electron chi connectivity index (χ2n) is 9.14. The van der Waals surface area contributed by atoms with E-state index in [1.54, 1.807) is 12.1 Å². The lowest BCUT2D eigenvalue weighted by atomic mass is 9.95. The molecule has 0 aromatic heterocycles. The van der Waals surface area contributed by atoms with Crippen molar-refractivity contribution >= 4 is 15.7 Å². The second-order valence-corrected chi connectivity index (χ2v) is 10.9. The SMILES string of the molecule is COc1ccc(S(=O)(=O)NC[C@H](c2ccc3c(c2)CCCN3C)N2CCN(C)CC2)c(OC)c1. The third kappa shape index (κ3) is 5.33. The van der Waals surface area contributed by atoms with Gasteiger partial charge in [0.15, 0.2) is 0 Å². The maximum atomic E-state index is 13.3. The molecular formula is C25H36N4O4S. The van der Waals surface area contributed by atoms with Crippen molar-refractivity contribution in [2.75, 3.05) is 72.5 Å². The van der Waals surface area contributed by atoms with Crippen LogP contribution in [0.1, 0.15) is 23.6 Å². The van der Waals surface area contributed by atoms with Gasteiger partial charge in [-0.15, -0.1) is 0 Å². The van der Waals surface area contributed by atoms with E-state index in [-0.39, 0.29) is 23.2 Å². The van der Waals surface area contributed by atoms with Gasteiger partial charge in [0, 0.05) is 64.1 Å². The quantitative estimate of drug-likeness (QED) is 0.611. The van der Waals surface area contributed by atoms with Crippen molar-refractivity contribution in [3.8, 4) is 11.5 Å². The summed E-state index contributed by atoms with van der Waals surface area (Å²) in [6.07, 6.45) is 2.19. The van der Waals surface area contributed by atoms with Crippen LogP contribution in [0.25, 0.3) is 0 Å². The van der Waals surface area contributed by atoms with Crippen LogP contribution in [-0.4, -0.2) is 85.8 Å². The number of hydrogen-bond donors (Lipinski definition) is 1. The third-order valence-electron chi connectivity index (χ3n) is 6.94. The van der Waals surface area contributed by atoms with E-state index in [9.17, 15) is 8.42 Å². The number of ether oxygens (including phenoxy) is 2. The molecular weight excluding hydrogens is 452 g/mol. The maximum Gasteiger partial charge on any atom is 0.244 e. The summed E-state index contributed by atoms with van der Waals surface area (Å²) in [5, 5.41) is 0. The number of methoxy groups -OCH3 is 2. The first-order chi connectivity index (χ1) is 16.3. The number of likely N-dealkylation sites (N-methyl/N-ethyl adjacent to an activating group) is 1. The normalized spacial score (nSPS) is 18.4. The summed E-state index contributed by atoms with van der Waals surface area (Å²) < 4.78 is 40.0. The predicted molar refractivity (Wildman–Crippen MR) is 135 cm³/mol. The number of anilines is 1. The molecule has 4 rings (SSSR count). The topological polar surface area (TPSA) is 74.4 Å². The number of aryl methyl sites for hydroxylation is 1. The molecule has 0 saturated carbocycles. The van der Waals surface area contributed by atoms with Crippen LogP contribution in [0.4, 0.5) is 5.69 Å². The molecule has 2 heterocycles. The third-order valence-corrected chi connectivity index (χ3v) is 8.41. The Labute approximate surface area is 203 Å². The standard InChI is InChI=1S/C25H36N4O4S/c1-27-12-14-29(15-13-27)23(20-7-9-22-19(16-20)6-5-11-28(22)2)18-26-34(30,31)25-10-8-21(32-3)17-24(25)33-4/h7-10,16-17,23,26H,5-6,11-15,18H2,1-4H3/t23-/m1/s1. The van der Waals surface area contributed by atoms with Crippen LogP contribution in [-0.2, 0) is 16.4 Å². The van der Waals surface area contributed by atoms with Crippen molar-refractivity contribution in [2.24, 2.45) is 0 Å². The minimum atomic E-state index is -3.78. The summed E-state index contributed by atoms with van der Waals surface area (Å²) in [6, 6.07) is 11.3. The Kier molecular flexibility index (Phi) is 7.67. The summed E-state index contributed by atoms with van der Waals surface area (Å²) in [5.41, 5.74) is 3.77. The van der Waals surface area contributed by atoms with Gasteiger partial charge in [-0.3, -0.25) is 4.90 Å². The molecule has 0 bridgehead atoms. The summed E-state index contributed by atoms with van der Waals surface area (Å²) in [4.78, 5) is 7.11. The number of piperazine rings is 1. The van der Waals surface area contributed by atoms with E-state index in [0.29, 0.717) is 5.75 Å². The van der Waals surface area contributed by atoms with E-state index >= 15 is 0 Å². The Hall–Kier alpha value is -2.33. The largest absolute Gasteiger partial charge is 0.497 e. The van der Waals surface area contributed by atoms with E-state index < -0.39 is 10.0 Å². The van der Waals surface area contributed by atoms with Crippen LogP contribution < -0.4 is 19.1 Å². The highest BCUT2D eigenvalue weighted by molar-refractivity contribution is 7.89. The van der Waals surface area contributed by atoms with Gasteiger partial charge in [0.25, 0.3) is 0 Å². The van der Waals surface area contributed by atoms with E-state index in [2.05, 4.69) is 51.7 Å². The molecule has 1 fully saturated rings. The average molecular weight is 489 g/mol. The van der Waals surface area contributed by atoms with E-state index in [1.807, 2.05) is 0 Å². The molecule has 9 heteroatoms. The smallest absolute Gasteiger partial charge is 0.244 e. The number of nitrogens with one attached hydrogen (secondary N) is 1. The zero-order chi connectivity index (χ0) is 24.3. The van der Waals surface area contributed by atoms with Crippen molar-refractivity contribution in [1.82, 2.24) is 14.5 Å². The molecule has 2 aliphatic heterocycles. The monoisotopic (exact) mass is 488 g/mol. The highest BCUT2D eigenvalue weighted by atomic mass is 32.2. The number of hydrogen-bond acceptors (Lipinski definition) is 7. The van der Waals surface area contributed by atoms with Gasteiger partial charge in [0.05, 0.1) is 14.2 Å². The molecule has 1 N–H and O–H groups in total. The summed E-state index contributed by atoms with van der Waals surface area (Å²) in [7, 11) is 3.48. The maximum absolute atomic E-state index is 13.3. The van der Waals surface area contributed by atoms with Gasteiger partial charge in [0.1, 0.15) is 16.4 Å². The molecule has 1 saturated heterocycles. The van der Waals surface area contributed by atoms with Crippen LogP contribution in [0.5, 0.6) is 11.5 Å². The van der Waals surface area contributed by atoms with Crippen molar-refractivity contribution in [2.45, 2.75) is 23.8 Å². The van der Waals surface area contributed by atoms with Crippen molar-refractivity contribution < 1.29 is 17.9 Å². The van der Waals surface area contributed by atoms with E-state index in [0.717, 1.165) is 51.1 Å². The number of sulfonamides is 1. The second kappa shape index (κ2) is 10.5. The number of nitrogens with zero attached hydrogens (tertiary/aromatic N) is 3. The average Bonchev–Trinajstić information content (AvgIpc) is 2.84. The fraction of sp³-hybridized carbons (Fsp3) is 0.520. The van der Waals surface area contributed by atoms with Gasteiger partial charge in [-0.2, -0.15) is 0 Å². The Bertz CT molecular complexity index is 1100. The molecule has 2 aromatic carbocycles. The van der Waals surface area contributed by atoms with Crippen LogP contribution in [0.15, 0.2) is 41.3 Å². The minimum absolute atomic E-state index is 0.0507. The molecule has 2 aromatic rings. The van der Waals surface area contributed by atoms with Crippen LogP contribution in [0.3, 0.4) is 0 Å². The van der Waals surface area contributed by atoms with Crippen LogP contribution >= 0.6 is 0 Å². The zero-order valence-corrected chi connectivity index (χ0v) is 21.4. The molecule has 2 aliphatic rings. The summed E-state index contributed by atoms with van der Waals surface area (Å²) in [6.45, 7) is 5.07. The predicted octanol–water partition coefficient (Wildman–Crippen LogP) is 2.35. The van der Waals surface area contributed by atoms with Crippen LogP contribution in [0, 0.1) is 0 Å². The lowest BCUT2D eigenvalue weighted by Crippen LogP contribution is -2.48. The van der Waals surface area contributed by atoms with Crippen molar-refractivity contribution in [3.05, 3.63) is 47.5 Å². The van der Waals surface area contributed by atoms with Gasteiger partial charge in [-0.05, 0) is 49.2 Å². The molecule has 0 unspecified atom stereocenters. The number of rotatable bonds is 8. The first-order valence-electron chi connectivity index (χ1n) is 11.8. The molecule has 1 atom stereocenters. The Morgan fingerprint density at radius 2 is 1.74 bits per heavy atom. The zero-order valence-electron chi connectivity index (χ0n) is 20.6. The molecule has 186 valence electrons. The van der Waals surface area contributed by atoms with Gasteiger partial charge in [-0.1, -0.05) is 12.1 Å². The van der Waals surface area contributed by atoms with Gasteiger partial charge in [0.2, 0.25) is 10.0 Å². The first-order valence-corrected chi connectivity index (χ1v) is 13.3. The van der Waals surface area contributed by atoms with Gasteiger partial charge in [-0.25, -0.2) is 13.1 Å². The molecule has 0 aliphatic carbocycles. The molecule has 0 radical (unpaired) electrons. The Balaban J connectivity index is 1.60. The molecule has 34 heavy (non-hydrogen) atoms. The van der Waals surface area contributed by atoms with Gasteiger partial charge >= 0.3 is 0 Å². The summed E-state index contributed by atoms with van der Waals surface area (Å²) in [5.74, 6) is 0.810. The molecule has 0 spiro atoms. The lowest BCUT2D eigenvalue weighted by molar-refractivity contribution is 0.113. The minimum Gasteiger partial charge on any atom is -0.497 e. The van der Waals surface area contributed by atoms with Crippen molar-refractivity contribution in [1.29, 1.82) is 0 Å². The summed E-state index contributed by atoms with van der Waals surface area (Å²) >= 11 is 0. The van der Waals surface area contributed by atoms with Gasteiger partial charge < -0.3 is 19.3 Å². The van der Waals surface area contributed by atoms with Crippen molar-refractivity contribution in [3.63, 3.8) is 0 Å². The number of benzene rings is 2. The van der Waals surface area contributed by atoms with E-state index in [4.69, 9.17) is 9.47 Å². The fourth-order valence-electron chi connectivity index (χ4n) is 4.87. The molecule has 0 amide bonds. The molecule has 8 nitrogen and oxygen atoms in total. The highest BCUT2D eigenvalue weighted by Gasteiger charge is 2.28. The highest BCUT2D eigenvalue weighted by Crippen LogP contribution is 2.32. The fourth-order valence-corrected chi connectivity index (χ4v) is 6.05. The van der Waals surface area contributed by atoms with E-state index in [1.165, 1.54) is 31.5 Å². The Morgan fingerprint density at radius 3 is 2.44 bits per heavy atom. The number of fused-ring (bicyclic) bond motifs is 1. The lowest BCUT2D eigenvalue weighted by Gasteiger charge is -2.39. The van der Waals surface area contributed by atoms with Crippen LogP contribution in [0.2, 0.25) is 0 Å². The first kappa shape index (κ1) is 24.8.